The fraction of sp³-hybridized carbons (Fsp3) is 1.00. The Bertz CT molecular complexity index is 136. The number of hydrogen-bond donors (Lipinski definition) is 0. The van der Waals surface area contributed by atoms with Crippen LogP contribution in [-0.4, -0.2) is 29.4 Å². The first-order valence-electron chi connectivity index (χ1n) is 4.99. The number of nitrogens with zero attached hydrogens (tertiary/aromatic N) is 1. The van der Waals surface area contributed by atoms with E-state index in [1.165, 1.54) is 25.7 Å². The van der Waals surface area contributed by atoms with Crippen molar-refractivity contribution < 1.29 is 0 Å². The minimum Gasteiger partial charge on any atom is -0.300 e. The van der Waals surface area contributed by atoms with Crippen molar-refractivity contribution in [3.05, 3.63) is 0 Å². The summed E-state index contributed by atoms with van der Waals surface area (Å²) in [5, 5.41) is 0.381. The number of hydrogen-bond acceptors (Lipinski definition) is 1. The minimum absolute atomic E-state index is 0.381. The van der Waals surface area contributed by atoms with Gasteiger partial charge in [-0.05, 0) is 33.7 Å². The largest absolute Gasteiger partial charge is 0.300 e. The van der Waals surface area contributed by atoms with Gasteiger partial charge >= 0.3 is 0 Å². The second-order valence-electron chi connectivity index (χ2n) is 4.13. The number of halogens is 1. The molecule has 0 heterocycles. The van der Waals surface area contributed by atoms with E-state index in [1.54, 1.807) is 0 Å². The Morgan fingerprint density at radius 1 is 1.25 bits per heavy atom. The van der Waals surface area contributed by atoms with E-state index in [-0.39, 0.29) is 0 Å². The molecule has 0 spiro atoms. The molecular weight excluding hydrogens is 170 g/mol. The van der Waals surface area contributed by atoms with Crippen molar-refractivity contribution in [1.82, 2.24) is 4.90 Å². The molecule has 0 amide bonds. The van der Waals surface area contributed by atoms with E-state index in [1.807, 2.05) is 0 Å². The van der Waals surface area contributed by atoms with Crippen LogP contribution in [-0.2, 0) is 0 Å². The Morgan fingerprint density at radius 2 is 1.83 bits per heavy atom. The maximum Gasteiger partial charge on any atom is 0.0491 e. The van der Waals surface area contributed by atoms with Crippen molar-refractivity contribution in [2.45, 2.75) is 57.0 Å². The van der Waals surface area contributed by atoms with Crippen LogP contribution in [0.4, 0.5) is 0 Å². The van der Waals surface area contributed by atoms with Crippen LogP contribution >= 0.6 is 11.6 Å². The molecule has 2 unspecified atom stereocenters. The summed E-state index contributed by atoms with van der Waals surface area (Å²) in [4.78, 5) is 2.41. The van der Waals surface area contributed by atoms with E-state index in [4.69, 9.17) is 11.6 Å². The van der Waals surface area contributed by atoms with Gasteiger partial charge in [0.25, 0.3) is 0 Å². The molecule has 0 bridgehead atoms. The van der Waals surface area contributed by atoms with Crippen molar-refractivity contribution in [3.63, 3.8) is 0 Å². The van der Waals surface area contributed by atoms with Gasteiger partial charge in [0.1, 0.15) is 0 Å². The zero-order valence-corrected chi connectivity index (χ0v) is 9.14. The molecule has 0 saturated heterocycles. The monoisotopic (exact) mass is 189 g/mol. The van der Waals surface area contributed by atoms with E-state index in [0.717, 1.165) is 0 Å². The van der Waals surface area contributed by atoms with Gasteiger partial charge in [0.05, 0.1) is 0 Å². The van der Waals surface area contributed by atoms with Crippen LogP contribution in [0.25, 0.3) is 0 Å². The fourth-order valence-corrected chi connectivity index (χ4v) is 2.37. The predicted octanol–water partition coefficient (Wildman–Crippen LogP) is 2.88. The normalized spacial score (nSPS) is 31.5. The highest BCUT2D eigenvalue weighted by Gasteiger charge is 2.27. The Labute approximate surface area is 81.1 Å². The van der Waals surface area contributed by atoms with Crippen LogP contribution < -0.4 is 0 Å². The average Bonchev–Trinajstić information content (AvgIpc) is 2.04. The lowest BCUT2D eigenvalue weighted by Gasteiger charge is -2.37. The van der Waals surface area contributed by atoms with Crippen LogP contribution in [0.1, 0.15) is 39.5 Å². The van der Waals surface area contributed by atoms with Crippen molar-refractivity contribution in [2.24, 2.45) is 0 Å². The Balaban J connectivity index is 2.47. The first-order chi connectivity index (χ1) is 5.63. The smallest absolute Gasteiger partial charge is 0.0491 e. The summed E-state index contributed by atoms with van der Waals surface area (Å²) < 4.78 is 0. The maximum absolute atomic E-state index is 6.28. The molecule has 2 heteroatoms. The standard InChI is InChI=1S/C10H20ClN/c1-8(2)12(3)10-7-5-4-6-9(10)11/h8-10H,4-7H2,1-3H3. The Morgan fingerprint density at radius 3 is 2.33 bits per heavy atom. The topological polar surface area (TPSA) is 3.24 Å². The molecule has 1 nitrogen and oxygen atoms in total. The molecule has 1 aliphatic rings. The molecule has 0 aromatic rings. The molecular formula is C10H20ClN. The molecule has 1 fully saturated rings. The SMILES string of the molecule is CC(C)N(C)C1CCCCC1Cl. The Hall–Kier alpha value is 0.250. The maximum atomic E-state index is 6.28. The summed E-state index contributed by atoms with van der Waals surface area (Å²) in [5.74, 6) is 0. The van der Waals surface area contributed by atoms with Crippen LogP contribution in [0.2, 0.25) is 0 Å². The molecule has 72 valence electrons. The van der Waals surface area contributed by atoms with Gasteiger partial charge in [0.2, 0.25) is 0 Å². The molecule has 1 rings (SSSR count). The van der Waals surface area contributed by atoms with Gasteiger partial charge < -0.3 is 0 Å². The van der Waals surface area contributed by atoms with Crippen molar-refractivity contribution >= 4 is 11.6 Å². The molecule has 1 saturated carbocycles. The van der Waals surface area contributed by atoms with Gasteiger partial charge in [-0.25, -0.2) is 0 Å². The summed E-state index contributed by atoms with van der Waals surface area (Å²) in [5.41, 5.74) is 0. The van der Waals surface area contributed by atoms with E-state index in [2.05, 4.69) is 25.8 Å². The van der Waals surface area contributed by atoms with Crippen LogP contribution in [0.3, 0.4) is 0 Å². The highest BCUT2D eigenvalue weighted by molar-refractivity contribution is 6.21. The molecule has 0 aromatic carbocycles. The zero-order valence-electron chi connectivity index (χ0n) is 8.39. The molecule has 1 aliphatic carbocycles. The summed E-state index contributed by atoms with van der Waals surface area (Å²) in [6.45, 7) is 4.47. The van der Waals surface area contributed by atoms with E-state index >= 15 is 0 Å². The molecule has 0 N–H and O–H groups in total. The summed E-state index contributed by atoms with van der Waals surface area (Å²) in [6.07, 6.45) is 5.15. The number of rotatable bonds is 2. The second kappa shape index (κ2) is 4.48. The van der Waals surface area contributed by atoms with Crippen molar-refractivity contribution in [1.29, 1.82) is 0 Å². The van der Waals surface area contributed by atoms with Gasteiger partial charge in [-0.15, -0.1) is 11.6 Å². The third-order valence-corrected chi connectivity index (χ3v) is 3.49. The predicted molar refractivity (Wildman–Crippen MR) is 54.8 cm³/mol. The summed E-state index contributed by atoms with van der Waals surface area (Å²) >= 11 is 6.28. The first-order valence-corrected chi connectivity index (χ1v) is 5.42. The summed E-state index contributed by atoms with van der Waals surface area (Å²) in [7, 11) is 2.19. The lowest BCUT2D eigenvalue weighted by atomic mass is 9.93. The van der Waals surface area contributed by atoms with E-state index in [0.29, 0.717) is 17.5 Å². The second-order valence-corrected chi connectivity index (χ2v) is 4.69. The molecule has 0 radical (unpaired) electrons. The van der Waals surface area contributed by atoms with Gasteiger partial charge in [0.15, 0.2) is 0 Å². The summed E-state index contributed by atoms with van der Waals surface area (Å²) in [6, 6.07) is 1.23. The molecule has 2 atom stereocenters. The van der Waals surface area contributed by atoms with Crippen LogP contribution in [0.5, 0.6) is 0 Å². The lowest BCUT2D eigenvalue weighted by Crippen LogP contribution is -2.44. The van der Waals surface area contributed by atoms with Gasteiger partial charge in [-0.2, -0.15) is 0 Å². The van der Waals surface area contributed by atoms with Crippen molar-refractivity contribution in [3.8, 4) is 0 Å². The molecule has 0 aliphatic heterocycles. The quantitative estimate of drug-likeness (QED) is 0.604. The third-order valence-electron chi connectivity index (χ3n) is 2.98. The zero-order chi connectivity index (χ0) is 9.14. The lowest BCUT2D eigenvalue weighted by molar-refractivity contribution is 0.159. The van der Waals surface area contributed by atoms with Gasteiger partial charge in [0, 0.05) is 17.5 Å². The highest BCUT2D eigenvalue weighted by atomic mass is 35.5. The number of alkyl halides is 1. The third kappa shape index (κ3) is 2.37. The molecule has 0 aromatic heterocycles. The Kier molecular flexibility index (Phi) is 3.85. The fourth-order valence-electron chi connectivity index (χ4n) is 1.91. The van der Waals surface area contributed by atoms with Crippen LogP contribution in [0, 0.1) is 0 Å². The van der Waals surface area contributed by atoms with Crippen molar-refractivity contribution in [2.75, 3.05) is 7.05 Å². The van der Waals surface area contributed by atoms with Gasteiger partial charge in [-0.3, -0.25) is 4.90 Å². The average molecular weight is 190 g/mol. The highest BCUT2D eigenvalue weighted by Crippen LogP contribution is 2.27. The minimum atomic E-state index is 0.381. The molecule has 12 heavy (non-hydrogen) atoms. The van der Waals surface area contributed by atoms with E-state index in [9.17, 15) is 0 Å². The first kappa shape index (κ1) is 10.3. The van der Waals surface area contributed by atoms with Crippen LogP contribution in [0.15, 0.2) is 0 Å². The van der Waals surface area contributed by atoms with Gasteiger partial charge in [-0.1, -0.05) is 12.8 Å². The van der Waals surface area contributed by atoms with E-state index < -0.39 is 0 Å².